The zero-order valence-corrected chi connectivity index (χ0v) is 13.0. The van der Waals surface area contributed by atoms with E-state index in [1.165, 1.54) is 0 Å². The molecule has 1 heterocycles. The van der Waals surface area contributed by atoms with Gasteiger partial charge in [0.15, 0.2) is 0 Å². The van der Waals surface area contributed by atoms with Crippen molar-refractivity contribution in [1.29, 1.82) is 0 Å². The monoisotopic (exact) mass is 330 g/mol. The summed E-state index contributed by atoms with van der Waals surface area (Å²) >= 11 is 11.7. The summed E-state index contributed by atoms with van der Waals surface area (Å²) < 4.78 is 0. The Morgan fingerprint density at radius 3 is 2.62 bits per heavy atom. The van der Waals surface area contributed by atoms with Crippen LogP contribution in [0.2, 0.25) is 10.0 Å². The van der Waals surface area contributed by atoms with E-state index in [0.717, 1.165) is 0 Å². The van der Waals surface area contributed by atoms with Gasteiger partial charge in [-0.05, 0) is 24.1 Å². The smallest absolute Gasteiger partial charge is 0.308 e. The largest absolute Gasteiger partial charge is 0.481 e. The zero-order valence-electron chi connectivity index (χ0n) is 11.5. The lowest BCUT2D eigenvalue weighted by Crippen LogP contribution is -2.32. The third-order valence-electron chi connectivity index (χ3n) is 3.58. The van der Waals surface area contributed by atoms with Crippen molar-refractivity contribution in [3.8, 4) is 0 Å². The first kappa shape index (κ1) is 16.1. The van der Waals surface area contributed by atoms with Crippen LogP contribution in [0.4, 0.5) is 5.69 Å². The first-order chi connectivity index (χ1) is 9.86. The van der Waals surface area contributed by atoms with Gasteiger partial charge in [-0.1, -0.05) is 30.1 Å². The molecule has 1 aromatic rings. The van der Waals surface area contributed by atoms with Crippen molar-refractivity contribution in [3.05, 3.63) is 28.2 Å². The number of anilines is 1. The van der Waals surface area contributed by atoms with Gasteiger partial charge in [-0.2, -0.15) is 0 Å². The summed E-state index contributed by atoms with van der Waals surface area (Å²) in [6.45, 7) is 3.04. The van der Waals surface area contributed by atoms with E-state index in [1.54, 1.807) is 18.2 Å². The summed E-state index contributed by atoms with van der Waals surface area (Å²) in [5.41, 5.74) is 0.566. The average Bonchev–Trinajstić information content (AvgIpc) is 2.75. The fraction of sp³-hybridized carbons (Fsp3) is 0.429. The predicted octanol–water partition coefficient (Wildman–Crippen LogP) is 2.58. The number of aliphatic carboxylic acids is 1. The molecule has 2 atom stereocenters. The molecule has 1 fully saturated rings. The third kappa shape index (κ3) is 4.09. The second-order valence-corrected chi connectivity index (χ2v) is 6.11. The van der Waals surface area contributed by atoms with Crippen LogP contribution in [-0.4, -0.2) is 41.5 Å². The standard InChI is InChI=1S/C14H16Cl2N2O3/c1-8-5-18(6-10(8)14(20)21)7-13(19)17-9-2-3-11(15)12(16)4-9/h2-4,8,10H,5-7H2,1H3,(H,17,19)(H,20,21)/t8-,10-/m1/s1. The van der Waals surface area contributed by atoms with Gasteiger partial charge in [-0.15, -0.1) is 0 Å². The minimum atomic E-state index is -0.810. The van der Waals surface area contributed by atoms with E-state index in [9.17, 15) is 9.59 Å². The summed E-state index contributed by atoms with van der Waals surface area (Å²) in [6, 6.07) is 4.85. The van der Waals surface area contributed by atoms with E-state index in [-0.39, 0.29) is 18.4 Å². The maximum Gasteiger partial charge on any atom is 0.308 e. The number of hydrogen-bond acceptors (Lipinski definition) is 3. The number of nitrogens with zero attached hydrogens (tertiary/aromatic N) is 1. The van der Waals surface area contributed by atoms with Crippen LogP contribution in [0.1, 0.15) is 6.92 Å². The van der Waals surface area contributed by atoms with Gasteiger partial charge < -0.3 is 10.4 Å². The summed E-state index contributed by atoms with van der Waals surface area (Å²) in [5.74, 6) is -1.38. The lowest BCUT2D eigenvalue weighted by Gasteiger charge is -2.15. The average molecular weight is 331 g/mol. The molecule has 0 aromatic heterocycles. The highest BCUT2D eigenvalue weighted by Crippen LogP contribution is 2.25. The van der Waals surface area contributed by atoms with Crippen molar-refractivity contribution in [2.75, 3.05) is 25.0 Å². The highest BCUT2D eigenvalue weighted by atomic mass is 35.5. The van der Waals surface area contributed by atoms with Gasteiger partial charge in [0.25, 0.3) is 0 Å². The predicted molar refractivity (Wildman–Crippen MR) is 81.8 cm³/mol. The molecule has 2 rings (SSSR count). The van der Waals surface area contributed by atoms with Gasteiger partial charge in [-0.3, -0.25) is 14.5 Å². The fourth-order valence-electron chi connectivity index (χ4n) is 2.50. The number of benzene rings is 1. The highest BCUT2D eigenvalue weighted by molar-refractivity contribution is 6.42. The molecule has 7 heteroatoms. The van der Waals surface area contributed by atoms with Gasteiger partial charge in [0.2, 0.25) is 5.91 Å². The number of carboxylic acid groups (broad SMARTS) is 1. The Morgan fingerprint density at radius 2 is 2.05 bits per heavy atom. The zero-order chi connectivity index (χ0) is 15.6. The maximum atomic E-state index is 12.0. The number of carboxylic acids is 1. The Hall–Kier alpha value is -1.30. The Labute approximate surface area is 132 Å². The van der Waals surface area contributed by atoms with Crippen molar-refractivity contribution in [2.45, 2.75) is 6.92 Å². The molecule has 114 valence electrons. The minimum Gasteiger partial charge on any atom is -0.481 e. The van der Waals surface area contributed by atoms with Crippen molar-refractivity contribution in [1.82, 2.24) is 4.90 Å². The Kier molecular flexibility index (Phi) is 5.08. The molecule has 0 aliphatic carbocycles. The molecule has 0 saturated carbocycles. The van der Waals surface area contributed by atoms with Gasteiger partial charge in [0, 0.05) is 18.8 Å². The van der Waals surface area contributed by atoms with Gasteiger partial charge in [0.1, 0.15) is 0 Å². The molecule has 0 bridgehead atoms. The fourth-order valence-corrected chi connectivity index (χ4v) is 2.79. The van der Waals surface area contributed by atoms with Crippen molar-refractivity contribution < 1.29 is 14.7 Å². The minimum absolute atomic E-state index is 0.0419. The van der Waals surface area contributed by atoms with Crippen molar-refractivity contribution >= 4 is 40.8 Å². The lowest BCUT2D eigenvalue weighted by molar-refractivity contribution is -0.142. The number of carbonyl (C=O) groups is 2. The molecule has 2 N–H and O–H groups in total. The van der Waals surface area contributed by atoms with E-state index in [2.05, 4.69) is 5.32 Å². The number of nitrogens with one attached hydrogen (secondary N) is 1. The summed E-state index contributed by atoms with van der Waals surface area (Å²) in [6.07, 6.45) is 0. The number of carbonyl (C=O) groups excluding carboxylic acids is 1. The van der Waals surface area contributed by atoms with E-state index in [1.807, 2.05) is 11.8 Å². The van der Waals surface area contributed by atoms with Crippen LogP contribution in [0.25, 0.3) is 0 Å². The van der Waals surface area contributed by atoms with Crippen LogP contribution < -0.4 is 5.32 Å². The van der Waals surface area contributed by atoms with E-state index >= 15 is 0 Å². The van der Waals surface area contributed by atoms with Gasteiger partial charge in [0.05, 0.1) is 22.5 Å². The van der Waals surface area contributed by atoms with Crippen LogP contribution in [0.5, 0.6) is 0 Å². The van der Waals surface area contributed by atoms with Crippen LogP contribution >= 0.6 is 23.2 Å². The molecular weight excluding hydrogens is 315 g/mol. The van der Waals surface area contributed by atoms with Crippen LogP contribution in [-0.2, 0) is 9.59 Å². The Bertz CT molecular complexity index is 565. The maximum absolute atomic E-state index is 12.0. The molecule has 1 aliphatic heterocycles. The van der Waals surface area contributed by atoms with E-state index in [4.69, 9.17) is 28.3 Å². The molecule has 0 radical (unpaired) electrons. The molecule has 0 unspecified atom stereocenters. The quantitative estimate of drug-likeness (QED) is 0.890. The number of hydrogen-bond donors (Lipinski definition) is 2. The second kappa shape index (κ2) is 6.64. The molecule has 1 saturated heterocycles. The topological polar surface area (TPSA) is 69.6 Å². The van der Waals surface area contributed by atoms with Crippen LogP contribution in [0.3, 0.4) is 0 Å². The molecule has 5 nitrogen and oxygen atoms in total. The van der Waals surface area contributed by atoms with E-state index in [0.29, 0.717) is 28.8 Å². The summed E-state index contributed by atoms with van der Waals surface area (Å²) in [7, 11) is 0. The molecule has 1 amide bonds. The normalized spacial score (nSPS) is 22.2. The summed E-state index contributed by atoms with van der Waals surface area (Å²) in [4.78, 5) is 24.9. The third-order valence-corrected chi connectivity index (χ3v) is 4.31. The Morgan fingerprint density at radius 1 is 1.33 bits per heavy atom. The number of likely N-dealkylation sites (tertiary alicyclic amines) is 1. The molecule has 0 spiro atoms. The SMILES string of the molecule is C[C@@H]1CN(CC(=O)Nc2ccc(Cl)c(Cl)c2)C[C@H]1C(=O)O. The second-order valence-electron chi connectivity index (χ2n) is 5.29. The van der Waals surface area contributed by atoms with Gasteiger partial charge in [-0.25, -0.2) is 0 Å². The lowest BCUT2D eigenvalue weighted by atomic mass is 9.99. The van der Waals surface area contributed by atoms with Crippen molar-refractivity contribution in [3.63, 3.8) is 0 Å². The van der Waals surface area contributed by atoms with Crippen molar-refractivity contribution in [2.24, 2.45) is 11.8 Å². The number of halogens is 2. The summed E-state index contributed by atoms with van der Waals surface area (Å²) in [5, 5.41) is 12.6. The first-order valence-electron chi connectivity index (χ1n) is 6.57. The Balaban J connectivity index is 1.90. The van der Waals surface area contributed by atoms with E-state index < -0.39 is 11.9 Å². The molecule has 1 aliphatic rings. The van der Waals surface area contributed by atoms with Crippen LogP contribution in [0.15, 0.2) is 18.2 Å². The number of rotatable bonds is 4. The highest BCUT2D eigenvalue weighted by Gasteiger charge is 2.35. The number of amides is 1. The van der Waals surface area contributed by atoms with Gasteiger partial charge >= 0.3 is 5.97 Å². The molecular formula is C14H16Cl2N2O3. The first-order valence-corrected chi connectivity index (χ1v) is 7.32. The van der Waals surface area contributed by atoms with Crippen LogP contribution in [0, 0.1) is 11.8 Å². The molecule has 21 heavy (non-hydrogen) atoms. The molecule has 1 aromatic carbocycles.